The zero-order valence-electron chi connectivity index (χ0n) is 10.6. The van der Waals surface area contributed by atoms with Gasteiger partial charge in [0.25, 0.3) is 0 Å². The van der Waals surface area contributed by atoms with Gasteiger partial charge in [0, 0.05) is 11.7 Å². The van der Waals surface area contributed by atoms with E-state index in [2.05, 4.69) is 10.6 Å². The molecule has 1 aromatic rings. The molecule has 0 saturated heterocycles. The van der Waals surface area contributed by atoms with Gasteiger partial charge in [-0.3, -0.25) is 0 Å². The first kappa shape index (κ1) is 15.4. The topological polar surface area (TPSA) is 24.1 Å². The molecule has 1 aliphatic rings. The predicted octanol–water partition coefficient (Wildman–Crippen LogP) is 4.59. The monoisotopic (exact) mass is 322 g/mol. The number of benzene rings is 1. The fourth-order valence-electron chi connectivity index (χ4n) is 2.24. The summed E-state index contributed by atoms with van der Waals surface area (Å²) in [6.07, 6.45) is -0.0966. The zero-order chi connectivity index (χ0) is 14.8. The van der Waals surface area contributed by atoms with Crippen LogP contribution in [-0.2, 0) is 6.18 Å². The number of alkyl halides is 3. The SMILES string of the molecule is FC(F)(F)c1cc(NC(=S)NC2CCCC2)ccc1Cl. The number of rotatable bonds is 2. The highest BCUT2D eigenvalue weighted by atomic mass is 35.5. The second-order valence-electron chi connectivity index (χ2n) is 4.77. The molecular formula is C13H14ClF3N2S. The minimum absolute atomic E-state index is 0.275. The molecule has 7 heteroatoms. The first-order chi connectivity index (χ1) is 9.36. The third-order valence-electron chi connectivity index (χ3n) is 3.22. The van der Waals surface area contributed by atoms with Crippen molar-refractivity contribution in [2.24, 2.45) is 0 Å². The number of halogens is 4. The van der Waals surface area contributed by atoms with Crippen molar-refractivity contribution < 1.29 is 13.2 Å². The third kappa shape index (κ3) is 3.99. The summed E-state index contributed by atoms with van der Waals surface area (Å²) in [6, 6.07) is 3.96. The van der Waals surface area contributed by atoms with Crippen molar-refractivity contribution >= 4 is 34.6 Å². The van der Waals surface area contributed by atoms with Gasteiger partial charge in [-0.2, -0.15) is 13.2 Å². The Labute approximate surface area is 125 Å². The molecule has 0 unspecified atom stereocenters. The summed E-state index contributed by atoms with van der Waals surface area (Å²) in [6.45, 7) is 0. The van der Waals surface area contributed by atoms with E-state index in [9.17, 15) is 13.2 Å². The fourth-order valence-corrected chi connectivity index (χ4v) is 2.75. The number of hydrogen-bond donors (Lipinski definition) is 2. The van der Waals surface area contributed by atoms with E-state index < -0.39 is 11.7 Å². The molecule has 0 aromatic heterocycles. The van der Waals surface area contributed by atoms with E-state index in [1.165, 1.54) is 12.1 Å². The molecule has 0 heterocycles. The van der Waals surface area contributed by atoms with Crippen LogP contribution >= 0.6 is 23.8 Å². The highest BCUT2D eigenvalue weighted by Gasteiger charge is 2.33. The lowest BCUT2D eigenvalue weighted by Crippen LogP contribution is -2.35. The van der Waals surface area contributed by atoms with E-state index in [1.54, 1.807) is 0 Å². The maximum Gasteiger partial charge on any atom is 0.417 e. The Balaban J connectivity index is 2.04. The summed E-state index contributed by atoms with van der Waals surface area (Å²) in [5, 5.41) is 5.90. The smallest absolute Gasteiger partial charge is 0.360 e. The number of anilines is 1. The molecule has 1 aliphatic carbocycles. The first-order valence-corrected chi connectivity index (χ1v) is 7.09. The average Bonchev–Trinajstić information content (AvgIpc) is 2.83. The van der Waals surface area contributed by atoms with Crippen LogP contribution in [0.2, 0.25) is 5.02 Å². The quantitative estimate of drug-likeness (QED) is 0.779. The summed E-state index contributed by atoms with van der Waals surface area (Å²) in [5.41, 5.74) is -0.593. The second-order valence-corrected chi connectivity index (χ2v) is 5.59. The van der Waals surface area contributed by atoms with Crippen LogP contribution in [0.15, 0.2) is 18.2 Å². The Hall–Kier alpha value is -1.01. The van der Waals surface area contributed by atoms with E-state index in [1.807, 2.05) is 0 Å². The molecule has 1 saturated carbocycles. The van der Waals surface area contributed by atoms with Gasteiger partial charge in [0.15, 0.2) is 5.11 Å². The minimum atomic E-state index is -4.48. The molecule has 0 atom stereocenters. The van der Waals surface area contributed by atoms with Crippen LogP contribution in [0.4, 0.5) is 18.9 Å². The summed E-state index contributed by atoms with van der Waals surface area (Å²) < 4.78 is 38.2. The van der Waals surface area contributed by atoms with E-state index in [0.29, 0.717) is 11.2 Å². The zero-order valence-corrected chi connectivity index (χ0v) is 12.1. The van der Waals surface area contributed by atoms with Crippen LogP contribution in [0.25, 0.3) is 0 Å². The standard InChI is InChI=1S/C13H14ClF3N2S/c14-11-6-5-9(7-10(11)13(15,16)17)19-12(20)18-8-3-1-2-4-8/h5-8H,1-4H2,(H2,18,19,20). The van der Waals surface area contributed by atoms with Crippen LogP contribution in [0.1, 0.15) is 31.2 Å². The van der Waals surface area contributed by atoms with Crippen LogP contribution in [0.3, 0.4) is 0 Å². The molecule has 0 aliphatic heterocycles. The molecule has 1 aromatic carbocycles. The van der Waals surface area contributed by atoms with Gasteiger partial charge in [0.1, 0.15) is 0 Å². The van der Waals surface area contributed by atoms with Gasteiger partial charge in [0.05, 0.1) is 10.6 Å². The Morgan fingerprint density at radius 1 is 1.25 bits per heavy atom. The van der Waals surface area contributed by atoms with Gasteiger partial charge in [-0.05, 0) is 43.3 Å². The van der Waals surface area contributed by atoms with E-state index in [0.717, 1.165) is 31.7 Å². The lowest BCUT2D eigenvalue weighted by Gasteiger charge is -2.17. The normalized spacial score (nSPS) is 16.2. The highest BCUT2D eigenvalue weighted by Crippen LogP contribution is 2.36. The van der Waals surface area contributed by atoms with Crippen LogP contribution in [0.5, 0.6) is 0 Å². The first-order valence-electron chi connectivity index (χ1n) is 6.30. The largest absolute Gasteiger partial charge is 0.417 e. The van der Waals surface area contributed by atoms with Crippen molar-refractivity contribution in [3.8, 4) is 0 Å². The Morgan fingerprint density at radius 2 is 1.90 bits per heavy atom. The van der Waals surface area contributed by atoms with Crippen molar-refractivity contribution in [3.63, 3.8) is 0 Å². The second kappa shape index (κ2) is 6.18. The molecule has 0 amide bonds. The maximum atomic E-state index is 12.7. The Kier molecular flexibility index (Phi) is 4.75. The van der Waals surface area contributed by atoms with Gasteiger partial charge in [-0.25, -0.2) is 0 Å². The fraction of sp³-hybridized carbons (Fsp3) is 0.462. The van der Waals surface area contributed by atoms with Crippen molar-refractivity contribution in [1.82, 2.24) is 5.32 Å². The van der Waals surface area contributed by atoms with Crippen molar-refractivity contribution in [1.29, 1.82) is 0 Å². The van der Waals surface area contributed by atoms with Crippen molar-refractivity contribution in [3.05, 3.63) is 28.8 Å². The molecule has 1 fully saturated rings. The average molecular weight is 323 g/mol. The maximum absolute atomic E-state index is 12.7. The van der Waals surface area contributed by atoms with Gasteiger partial charge >= 0.3 is 6.18 Å². The molecule has 0 bridgehead atoms. The van der Waals surface area contributed by atoms with Gasteiger partial charge in [0.2, 0.25) is 0 Å². The molecule has 2 nitrogen and oxygen atoms in total. The summed E-state index contributed by atoms with van der Waals surface area (Å²) >= 11 is 10.7. The summed E-state index contributed by atoms with van der Waals surface area (Å²) in [5.74, 6) is 0. The van der Waals surface area contributed by atoms with Crippen LogP contribution < -0.4 is 10.6 Å². The van der Waals surface area contributed by atoms with E-state index in [-0.39, 0.29) is 10.7 Å². The van der Waals surface area contributed by atoms with Gasteiger partial charge < -0.3 is 10.6 Å². The molecule has 2 rings (SSSR count). The lowest BCUT2D eigenvalue weighted by molar-refractivity contribution is -0.137. The molecule has 0 radical (unpaired) electrons. The van der Waals surface area contributed by atoms with Crippen molar-refractivity contribution in [2.45, 2.75) is 37.9 Å². The number of hydrogen-bond acceptors (Lipinski definition) is 1. The summed E-state index contributed by atoms with van der Waals surface area (Å²) in [4.78, 5) is 0. The summed E-state index contributed by atoms with van der Waals surface area (Å²) in [7, 11) is 0. The van der Waals surface area contributed by atoms with Crippen LogP contribution in [0, 0.1) is 0 Å². The van der Waals surface area contributed by atoms with E-state index >= 15 is 0 Å². The Morgan fingerprint density at radius 3 is 2.50 bits per heavy atom. The van der Waals surface area contributed by atoms with E-state index in [4.69, 9.17) is 23.8 Å². The van der Waals surface area contributed by atoms with Crippen molar-refractivity contribution in [2.75, 3.05) is 5.32 Å². The molecular weight excluding hydrogens is 309 g/mol. The lowest BCUT2D eigenvalue weighted by atomic mass is 10.2. The minimum Gasteiger partial charge on any atom is -0.360 e. The number of nitrogens with one attached hydrogen (secondary N) is 2. The molecule has 0 spiro atoms. The van der Waals surface area contributed by atoms with Crippen LogP contribution in [-0.4, -0.2) is 11.2 Å². The van der Waals surface area contributed by atoms with Gasteiger partial charge in [-0.1, -0.05) is 24.4 Å². The number of thiocarbonyl (C=S) groups is 1. The molecule has 2 N–H and O–H groups in total. The molecule has 110 valence electrons. The Bertz CT molecular complexity index is 499. The molecule has 20 heavy (non-hydrogen) atoms. The predicted molar refractivity (Wildman–Crippen MR) is 78.1 cm³/mol. The van der Waals surface area contributed by atoms with Gasteiger partial charge in [-0.15, -0.1) is 0 Å². The third-order valence-corrected chi connectivity index (χ3v) is 3.77. The highest BCUT2D eigenvalue weighted by molar-refractivity contribution is 7.80.